The van der Waals surface area contributed by atoms with Crippen molar-refractivity contribution in [1.82, 2.24) is 19.3 Å². The van der Waals surface area contributed by atoms with Crippen molar-refractivity contribution < 1.29 is 13.2 Å². The summed E-state index contributed by atoms with van der Waals surface area (Å²) in [7, 11) is -3.10. The summed E-state index contributed by atoms with van der Waals surface area (Å²) in [5.41, 5.74) is 0.972. The number of sulfonamides is 1. The molecule has 2 fully saturated rings. The SMILES string of the molecule is O=S(=O)(C1CC1)N1CC[C@H]2[C@H](C1)OCc1cnnn12. The first-order valence-electron chi connectivity index (χ1n) is 6.66. The minimum absolute atomic E-state index is 0.100. The summed E-state index contributed by atoms with van der Waals surface area (Å²) in [6.45, 7) is 1.47. The minimum atomic E-state index is -3.10. The molecule has 7 nitrogen and oxygen atoms in total. The van der Waals surface area contributed by atoms with Crippen LogP contribution in [0.25, 0.3) is 0 Å². The Kier molecular flexibility index (Phi) is 2.49. The summed E-state index contributed by atoms with van der Waals surface area (Å²) in [5.74, 6) is 0. The Morgan fingerprint density at radius 3 is 2.95 bits per heavy atom. The molecule has 0 radical (unpaired) electrons. The summed E-state index contributed by atoms with van der Waals surface area (Å²) in [4.78, 5) is 0. The van der Waals surface area contributed by atoms with Gasteiger partial charge in [-0.3, -0.25) is 0 Å². The Morgan fingerprint density at radius 1 is 1.32 bits per heavy atom. The zero-order valence-corrected chi connectivity index (χ0v) is 11.3. The van der Waals surface area contributed by atoms with Gasteiger partial charge in [0.05, 0.1) is 35.9 Å². The van der Waals surface area contributed by atoms with E-state index in [0.717, 1.165) is 25.0 Å². The van der Waals surface area contributed by atoms with Crippen molar-refractivity contribution in [3.63, 3.8) is 0 Å². The summed E-state index contributed by atoms with van der Waals surface area (Å²) in [6.07, 6.45) is 3.97. The first-order valence-corrected chi connectivity index (χ1v) is 8.16. The fraction of sp³-hybridized carbons (Fsp3) is 0.818. The molecule has 2 aliphatic heterocycles. The first-order chi connectivity index (χ1) is 9.16. The van der Waals surface area contributed by atoms with E-state index in [1.54, 1.807) is 10.5 Å². The van der Waals surface area contributed by atoms with Crippen LogP contribution in [-0.2, 0) is 21.4 Å². The molecule has 0 unspecified atom stereocenters. The summed E-state index contributed by atoms with van der Waals surface area (Å²) < 4.78 is 33.8. The summed E-state index contributed by atoms with van der Waals surface area (Å²) in [5, 5.41) is 7.85. The molecule has 3 heterocycles. The van der Waals surface area contributed by atoms with E-state index in [9.17, 15) is 8.42 Å². The molecule has 1 aliphatic carbocycles. The molecule has 3 aliphatic rings. The third-order valence-corrected chi connectivity index (χ3v) is 6.57. The van der Waals surface area contributed by atoms with Gasteiger partial charge in [-0.05, 0) is 19.3 Å². The van der Waals surface area contributed by atoms with Gasteiger partial charge in [0.15, 0.2) is 0 Å². The van der Waals surface area contributed by atoms with E-state index in [0.29, 0.717) is 19.7 Å². The maximum atomic E-state index is 12.3. The van der Waals surface area contributed by atoms with Crippen LogP contribution in [0.4, 0.5) is 0 Å². The smallest absolute Gasteiger partial charge is 0.217 e. The van der Waals surface area contributed by atoms with Gasteiger partial charge in [0, 0.05) is 13.1 Å². The molecule has 0 bridgehead atoms. The van der Waals surface area contributed by atoms with E-state index in [1.807, 2.05) is 4.68 Å². The number of ether oxygens (including phenoxy) is 1. The van der Waals surface area contributed by atoms with Gasteiger partial charge in [0.1, 0.15) is 0 Å². The fourth-order valence-corrected chi connectivity index (χ4v) is 4.84. The van der Waals surface area contributed by atoms with Gasteiger partial charge in [-0.15, -0.1) is 5.10 Å². The van der Waals surface area contributed by atoms with Crippen LogP contribution in [0.3, 0.4) is 0 Å². The third kappa shape index (κ3) is 1.81. The van der Waals surface area contributed by atoms with Crippen molar-refractivity contribution in [2.24, 2.45) is 0 Å². The standard InChI is InChI=1S/C11H16N4O3S/c16-19(17,9-1-2-9)14-4-3-10-11(6-14)18-7-8-5-12-13-15(8)10/h5,9-11H,1-4,6-7H2/t10-,11-/m0/s1. The Balaban J connectivity index is 1.57. The Labute approximate surface area is 111 Å². The first kappa shape index (κ1) is 11.8. The molecule has 1 saturated heterocycles. The van der Waals surface area contributed by atoms with Gasteiger partial charge in [0.2, 0.25) is 10.0 Å². The molecule has 8 heteroatoms. The highest BCUT2D eigenvalue weighted by molar-refractivity contribution is 7.90. The van der Waals surface area contributed by atoms with Gasteiger partial charge in [-0.2, -0.15) is 4.31 Å². The number of nitrogens with zero attached hydrogens (tertiary/aromatic N) is 4. The van der Waals surface area contributed by atoms with E-state index in [-0.39, 0.29) is 17.4 Å². The molecule has 4 rings (SSSR count). The van der Waals surface area contributed by atoms with Crippen molar-refractivity contribution in [1.29, 1.82) is 0 Å². The van der Waals surface area contributed by atoms with Crippen molar-refractivity contribution in [2.45, 2.75) is 43.3 Å². The highest BCUT2D eigenvalue weighted by Crippen LogP contribution is 2.36. The summed E-state index contributed by atoms with van der Waals surface area (Å²) >= 11 is 0. The van der Waals surface area contributed by atoms with E-state index in [4.69, 9.17) is 4.74 Å². The second kappa shape index (κ2) is 4.00. The quantitative estimate of drug-likeness (QED) is 0.759. The number of hydrogen-bond donors (Lipinski definition) is 0. The van der Waals surface area contributed by atoms with E-state index < -0.39 is 10.0 Å². The molecule has 2 atom stereocenters. The number of aromatic nitrogens is 3. The average molecular weight is 284 g/mol. The van der Waals surface area contributed by atoms with E-state index in [2.05, 4.69) is 10.3 Å². The highest BCUT2D eigenvalue weighted by Gasteiger charge is 2.45. The van der Waals surface area contributed by atoms with Gasteiger partial charge < -0.3 is 4.74 Å². The average Bonchev–Trinajstić information content (AvgIpc) is 3.16. The molecular weight excluding hydrogens is 268 g/mol. The van der Waals surface area contributed by atoms with Crippen molar-refractivity contribution >= 4 is 10.0 Å². The molecule has 1 aromatic heterocycles. The predicted octanol–water partition coefficient (Wildman–Crippen LogP) is -0.0841. The molecule has 19 heavy (non-hydrogen) atoms. The van der Waals surface area contributed by atoms with Crippen LogP contribution < -0.4 is 0 Å². The lowest BCUT2D eigenvalue weighted by Gasteiger charge is -2.40. The predicted molar refractivity (Wildman–Crippen MR) is 65.8 cm³/mol. The van der Waals surface area contributed by atoms with Crippen LogP contribution in [0.1, 0.15) is 31.0 Å². The van der Waals surface area contributed by atoms with Gasteiger partial charge in [-0.1, -0.05) is 5.21 Å². The topological polar surface area (TPSA) is 77.3 Å². The number of rotatable bonds is 2. The molecule has 0 aromatic carbocycles. The molecule has 104 valence electrons. The van der Waals surface area contributed by atoms with Crippen molar-refractivity contribution in [3.05, 3.63) is 11.9 Å². The normalized spacial score (nSPS) is 31.8. The Morgan fingerprint density at radius 2 is 2.16 bits per heavy atom. The van der Waals surface area contributed by atoms with Gasteiger partial charge >= 0.3 is 0 Å². The van der Waals surface area contributed by atoms with Gasteiger partial charge in [-0.25, -0.2) is 13.1 Å². The highest BCUT2D eigenvalue weighted by atomic mass is 32.2. The zero-order valence-electron chi connectivity index (χ0n) is 10.5. The fourth-order valence-electron chi connectivity index (χ4n) is 2.97. The lowest BCUT2D eigenvalue weighted by molar-refractivity contribution is -0.0544. The lowest BCUT2D eigenvalue weighted by atomic mass is 10.0. The molecule has 0 N–H and O–H groups in total. The number of piperidine rings is 1. The second-order valence-electron chi connectivity index (χ2n) is 5.48. The maximum Gasteiger partial charge on any atom is 0.217 e. The monoisotopic (exact) mass is 284 g/mol. The minimum Gasteiger partial charge on any atom is -0.368 e. The molecule has 0 amide bonds. The van der Waals surface area contributed by atoms with Crippen LogP contribution in [0.15, 0.2) is 6.20 Å². The zero-order chi connectivity index (χ0) is 13.0. The van der Waals surface area contributed by atoms with Crippen LogP contribution in [0.2, 0.25) is 0 Å². The Bertz CT molecular complexity index is 595. The second-order valence-corrected chi connectivity index (χ2v) is 7.69. The summed E-state index contributed by atoms with van der Waals surface area (Å²) in [6, 6.07) is 0.122. The Hall–Kier alpha value is -0.990. The maximum absolute atomic E-state index is 12.3. The number of hydrogen-bond acceptors (Lipinski definition) is 5. The largest absolute Gasteiger partial charge is 0.368 e. The van der Waals surface area contributed by atoms with E-state index >= 15 is 0 Å². The molecule has 1 aromatic rings. The third-order valence-electron chi connectivity index (χ3n) is 4.20. The van der Waals surface area contributed by atoms with E-state index in [1.165, 1.54) is 0 Å². The van der Waals surface area contributed by atoms with Crippen LogP contribution in [0, 0.1) is 0 Å². The lowest BCUT2D eigenvalue weighted by Crippen LogP contribution is -2.51. The molecule has 1 saturated carbocycles. The van der Waals surface area contributed by atoms with Crippen molar-refractivity contribution in [2.75, 3.05) is 13.1 Å². The van der Waals surface area contributed by atoms with Crippen LogP contribution in [0.5, 0.6) is 0 Å². The van der Waals surface area contributed by atoms with Crippen LogP contribution >= 0.6 is 0 Å². The van der Waals surface area contributed by atoms with Crippen LogP contribution in [-0.4, -0.2) is 52.2 Å². The van der Waals surface area contributed by atoms with Crippen molar-refractivity contribution in [3.8, 4) is 0 Å². The molecular formula is C11H16N4O3S. The van der Waals surface area contributed by atoms with Gasteiger partial charge in [0.25, 0.3) is 0 Å². The number of fused-ring (bicyclic) bond motifs is 3. The molecule has 0 spiro atoms.